The number of carbonyl (C=O) groups is 8. The van der Waals surface area contributed by atoms with Gasteiger partial charge in [-0.3, -0.25) is 28.8 Å². The Labute approximate surface area is 580 Å². The summed E-state index contributed by atoms with van der Waals surface area (Å²) in [4.78, 5) is 114. The second-order valence-electron chi connectivity index (χ2n) is 24.6. The number of amides is 6. The second-order valence-corrected chi connectivity index (χ2v) is 27.1. The highest BCUT2D eigenvalue weighted by Gasteiger charge is 2.38. The van der Waals surface area contributed by atoms with Crippen LogP contribution in [-0.4, -0.2) is 104 Å². The first-order chi connectivity index (χ1) is 47.3. The largest absolute Gasteiger partial charge is 0.478 e. The summed E-state index contributed by atoms with van der Waals surface area (Å²) in [6.45, 7) is 7.92. The van der Waals surface area contributed by atoms with E-state index in [1.165, 1.54) is 24.3 Å². The van der Waals surface area contributed by atoms with E-state index in [0.29, 0.717) is 35.1 Å². The first-order valence-corrected chi connectivity index (χ1v) is 35.2. The van der Waals surface area contributed by atoms with Gasteiger partial charge in [-0.15, -0.1) is 0 Å². The van der Waals surface area contributed by atoms with E-state index >= 15 is 19.2 Å². The van der Waals surface area contributed by atoms with Gasteiger partial charge in [-0.1, -0.05) is 256 Å². The molecule has 0 aromatic heterocycles. The molecule has 0 aliphatic carbocycles. The molecule has 0 unspecified atom stereocenters. The van der Waals surface area contributed by atoms with Gasteiger partial charge in [0.25, 0.3) is 0 Å². The molecule has 0 aliphatic heterocycles. The van der Waals surface area contributed by atoms with E-state index in [0.717, 1.165) is 55.0 Å². The third-order valence-electron chi connectivity index (χ3n) is 17.4. The van der Waals surface area contributed by atoms with Crippen molar-refractivity contribution in [2.75, 3.05) is 0 Å². The van der Waals surface area contributed by atoms with Gasteiger partial charge in [-0.25, -0.2) is 9.59 Å². The Hall–Kier alpha value is -9.86. The second kappa shape index (κ2) is 37.0. The molecule has 0 saturated carbocycles. The number of rotatable bonds is 35. The molecule has 6 amide bonds. The molecule has 0 radical (unpaired) electrons. The number of hydrogen-bond acceptors (Lipinski definition) is 12. The van der Waals surface area contributed by atoms with Crippen molar-refractivity contribution >= 4 is 69.0 Å². The lowest BCUT2D eigenvalue weighted by atomic mass is 9.96. The average molecular weight is 1360 g/mol. The molecule has 510 valence electrons. The maximum Gasteiger partial charge on any atom is 0.335 e. The Morgan fingerprint density at radius 1 is 0.347 bits per heavy atom. The fourth-order valence-electron chi connectivity index (χ4n) is 11.1. The fraction of sp³-hybridized carbons (Fsp3) is 0.282. The minimum absolute atomic E-state index is 0.00145. The number of carboxylic acids is 2. The number of carbonyl (C=O) groups excluding carboxylic acids is 6. The monoisotopic (exact) mass is 1360 g/mol. The van der Waals surface area contributed by atoms with Gasteiger partial charge in [-0.05, 0) is 105 Å². The van der Waals surface area contributed by atoms with Gasteiger partial charge >= 0.3 is 11.9 Å². The zero-order valence-corrected chi connectivity index (χ0v) is 57.0. The molecule has 12 N–H and O–H groups in total. The van der Waals surface area contributed by atoms with Crippen LogP contribution in [0.25, 0.3) is 22.3 Å². The number of hydrogen-bond donors (Lipinski definition) is 10. The summed E-state index contributed by atoms with van der Waals surface area (Å²) in [7, 11) is 1.84. The van der Waals surface area contributed by atoms with E-state index < -0.39 is 94.1 Å². The number of aromatic carboxylic acids is 2. The molecule has 8 rings (SSSR count). The standard InChI is InChI=1S/C78H86N8O10S2/c1-5-49(3)67(73(89)81-47-55-19-11-7-12-20-55)85-71(87)65(45-53-27-35-59(36-28-53)57-23-15-9-16-24-57)83-75(91)69(63(79)43-51-31-39-61(40-32-51)77(93)94)97-98-70(64(80)44-52-33-41-62(42-34-52)78(95)96)76(92)84-66(46-54-29-37-60(38-30-54)58-25-17-10-18-26-58)72(88)86-68(50(4)6-2)74(90)82-48-56-21-13-8-14-22-56/h7-42,49-50,63-70H,5-6,43-48,79-80H2,1-4H3,(H,81,89)(H,82,90)(H,83,91)(H,84,92)(H,85,87)(H,86,88)(H,93,94)(H,95,96)/t49-,50-,63-,64-,65-,66-,67-,68-,69-,70-/m0/s1. The number of carboxylic acid groups (broad SMARTS) is 2. The molecular formula is C78H86N8O10S2. The Bertz CT molecular complexity index is 3660. The van der Waals surface area contributed by atoms with E-state index in [1.54, 1.807) is 24.3 Å². The summed E-state index contributed by atoms with van der Waals surface area (Å²) >= 11 is 0. The highest BCUT2D eigenvalue weighted by molar-refractivity contribution is 8.77. The molecule has 0 aliphatic rings. The van der Waals surface area contributed by atoms with Crippen molar-refractivity contribution in [1.82, 2.24) is 31.9 Å². The molecule has 20 heteroatoms. The molecule has 98 heavy (non-hydrogen) atoms. The normalized spacial score (nSPS) is 14.2. The number of benzene rings is 8. The van der Waals surface area contributed by atoms with Crippen molar-refractivity contribution in [3.63, 3.8) is 0 Å². The highest BCUT2D eigenvalue weighted by Crippen LogP contribution is 2.36. The van der Waals surface area contributed by atoms with E-state index in [9.17, 15) is 29.4 Å². The minimum Gasteiger partial charge on any atom is -0.478 e. The highest BCUT2D eigenvalue weighted by atomic mass is 33.1. The SMILES string of the molecule is CC[C@H](C)[C@H](NC(=O)[C@H](Cc1ccc(-c2ccccc2)cc1)NC(=O)[C@@H](SS[C@H](C(=O)N[C@@H](Cc1ccc(-c2ccccc2)cc1)C(=O)N[C@H](C(=O)NCc1ccccc1)[C@@H](C)CC)[C@@H](N)Cc1ccc(C(=O)O)cc1)[C@@H](N)Cc1ccc(C(=O)O)cc1)C(=O)NCc1ccccc1. The van der Waals surface area contributed by atoms with Crippen molar-refractivity contribution < 1.29 is 48.6 Å². The molecule has 0 spiro atoms. The van der Waals surface area contributed by atoms with Gasteiger partial charge in [-0.2, -0.15) is 0 Å². The van der Waals surface area contributed by atoms with Crippen LogP contribution in [0.5, 0.6) is 0 Å². The molecule has 8 aromatic rings. The Balaban J connectivity index is 1.15. The van der Waals surface area contributed by atoms with E-state index in [-0.39, 0.29) is 61.7 Å². The lowest BCUT2D eigenvalue weighted by Crippen LogP contribution is -2.58. The Morgan fingerprint density at radius 3 is 0.939 bits per heavy atom. The summed E-state index contributed by atoms with van der Waals surface area (Å²) in [5, 5.41) is 34.9. The molecule has 0 bridgehead atoms. The van der Waals surface area contributed by atoms with Crippen LogP contribution in [-0.2, 0) is 67.5 Å². The van der Waals surface area contributed by atoms with Crippen LogP contribution in [0.4, 0.5) is 0 Å². The van der Waals surface area contributed by atoms with Crippen LogP contribution in [0.3, 0.4) is 0 Å². The van der Waals surface area contributed by atoms with Crippen molar-refractivity contribution in [2.45, 2.75) is 126 Å². The van der Waals surface area contributed by atoms with Gasteiger partial charge in [0, 0.05) is 38.0 Å². The summed E-state index contributed by atoms with van der Waals surface area (Å²) in [5.74, 6) is -6.59. The third kappa shape index (κ3) is 21.8. The first-order valence-electron chi connectivity index (χ1n) is 32.9. The van der Waals surface area contributed by atoms with Gasteiger partial charge in [0.2, 0.25) is 35.4 Å². The smallest absolute Gasteiger partial charge is 0.335 e. The van der Waals surface area contributed by atoms with Crippen molar-refractivity contribution in [1.29, 1.82) is 0 Å². The topological polar surface area (TPSA) is 301 Å². The summed E-state index contributed by atoms with van der Waals surface area (Å²) in [6.07, 6.45) is 0.960. The minimum atomic E-state index is -1.32. The fourth-order valence-corrected chi connectivity index (χ4v) is 14.2. The quantitative estimate of drug-likeness (QED) is 0.0165. The van der Waals surface area contributed by atoms with Crippen LogP contribution in [0.1, 0.15) is 94.6 Å². The molecule has 0 fully saturated rings. The van der Waals surface area contributed by atoms with Gasteiger partial charge < -0.3 is 53.6 Å². The van der Waals surface area contributed by atoms with Gasteiger partial charge in [0.15, 0.2) is 0 Å². The predicted molar refractivity (Wildman–Crippen MR) is 387 cm³/mol. The molecule has 8 aromatic carbocycles. The molecule has 0 heterocycles. The molecule has 0 saturated heterocycles. The van der Waals surface area contributed by atoms with Crippen LogP contribution >= 0.6 is 21.6 Å². The third-order valence-corrected chi connectivity index (χ3v) is 20.6. The number of nitrogens with two attached hydrogens (primary N) is 2. The summed E-state index contributed by atoms with van der Waals surface area (Å²) < 4.78 is 0. The van der Waals surface area contributed by atoms with E-state index in [2.05, 4.69) is 31.9 Å². The van der Waals surface area contributed by atoms with Crippen LogP contribution in [0.15, 0.2) is 218 Å². The molecular weight excluding hydrogens is 1270 g/mol. The van der Waals surface area contributed by atoms with Crippen LogP contribution in [0, 0.1) is 11.8 Å². The Kier molecular flexibility index (Phi) is 27.9. The molecule has 10 atom stereocenters. The number of nitrogens with one attached hydrogen (secondary N) is 6. The van der Waals surface area contributed by atoms with Crippen molar-refractivity contribution in [2.24, 2.45) is 23.3 Å². The summed E-state index contributed by atoms with van der Waals surface area (Å²) in [5.41, 5.74) is 22.3. The van der Waals surface area contributed by atoms with E-state index in [4.69, 9.17) is 11.5 Å². The lowest BCUT2D eigenvalue weighted by molar-refractivity contribution is -0.133. The zero-order valence-electron chi connectivity index (χ0n) is 55.3. The summed E-state index contributed by atoms with van der Waals surface area (Å²) in [6, 6.07) is 58.4. The van der Waals surface area contributed by atoms with Gasteiger partial charge in [0.05, 0.1) is 11.1 Å². The lowest BCUT2D eigenvalue weighted by Gasteiger charge is -2.30. The maximum absolute atomic E-state index is 15.6. The molecule has 18 nitrogen and oxygen atoms in total. The van der Waals surface area contributed by atoms with Crippen molar-refractivity contribution in [3.05, 3.63) is 263 Å². The predicted octanol–water partition coefficient (Wildman–Crippen LogP) is 10.1. The van der Waals surface area contributed by atoms with E-state index in [1.807, 2.05) is 198 Å². The Morgan fingerprint density at radius 2 is 0.633 bits per heavy atom. The maximum atomic E-state index is 15.6. The van der Waals surface area contributed by atoms with Crippen molar-refractivity contribution in [3.8, 4) is 22.3 Å². The van der Waals surface area contributed by atoms with Gasteiger partial charge in [0.1, 0.15) is 34.7 Å². The zero-order chi connectivity index (χ0) is 70.1. The first kappa shape index (κ1) is 73.9. The average Bonchev–Trinajstić information content (AvgIpc) is 0.939. The van der Waals surface area contributed by atoms with Crippen LogP contribution in [0.2, 0.25) is 0 Å². The van der Waals surface area contributed by atoms with Crippen LogP contribution < -0.4 is 43.4 Å².